The molecule has 0 amide bonds. The molecule has 1 aromatic carbocycles. The number of thiophene rings is 1. The zero-order valence-corrected chi connectivity index (χ0v) is 9.14. The average Bonchev–Trinajstić information content (AvgIpc) is 2.60. The second-order valence-electron chi connectivity index (χ2n) is 3.31. The van der Waals surface area contributed by atoms with Crippen molar-refractivity contribution in [3.8, 4) is 5.06 Å². The first-order valence-electron chi connectivity index (χ1n) is 5.01. The molecule has 74 valence electrons. The molecule has 2 heteroatoms. The molecule has 0 aliphatic rings. The fourth-order valence-electron chi connectivity index (χ4n) is 1.35. The van der Waals surface area contributed by atoms with Gasteiger partial charge in [0.2, 0.25) is 0 Å². The van der Waals surface area contributed by atoms with Crippen LogP contribution in [-0.4, -0.2) is 6.61 Å². The van der Waals surface area contributed by atoms with Crippen LogP contribution in [0.1, 0.15) is 19.8 Å². The van der Waals surface area contributed by atoms with Gasteiger partial charge in [-0.3, -0.25) is 0 Å². The first-order valence-corrected chi connectivity index (χ1v) is 5.83. The number of unbranched alkanes of at least 4 members (excludes halogenated alkanes) is 1. The van der Waals surface area contributed by atoms with E-state index in [2.05, 4.69) is 37.3 Å². The second-order valence-corrected chi connectivity index (χ2v) is 4.35. The van der Waals surface area contributed by atoms with Gasteiger partial charge < -0.3 is 4.74 Å². The number of hydrogen-bond donors (Lipinski definition) is 0. The number of hydrogen-bond acceptors (Lipinski definition) is 2. The Labute approximate surface area is 88.3 Å². The maximum absolute atomic E-state index is 5.65. The van der Waals surface area contributed by atoms with Crippen molar-refractivity contribution in [2.75, 3.05) is 6.61 Å². The van der Waals surface area contributed by atoms with E-state index in [1.54, 1.807) is 11.3 Å². The van der Waals surface area contributed by atoms with Crippen molar-refractivity contribution in [1.29, 1.82) is 0 Å². The monoisotopic (exact) mass is 206 g/mol. The molecule has 1 nitrogen and oxygen atoms in total. The van der Waals surface area contributed by atoms with Gasteiger partial charge in [-0.1, -0.05) is 42.9 Å². The van der Waals surface area contributed by atoms with Gasteiger partial charge in [0.05, 0.1) is 6.61 Å². The number of rotatable bonds is 4. The molecular formula is C12H14OS. The highest BCUT2D eigenvalue weighted by Crippen LogP contribution is 2.31. The summed E-state index contributed by atoms with van der Waals surface area (Å²) in [5.41, 5.74) is 0. The first-order chi connectivity index (χ1) is 6.90. The quantitative estimate of drug-likeness (QED) is 0.685. The van der Waals surface area contributed by atoms with Crippen LogP contribution in [0.5, 0.6) is 5.06 Å². The standard InChI is InChI=1S/C12H14OS/c1-2-3-8-13-12-9-10-6-4-5-7-11(10)14-12/h4-7,9H,2-3,8H2,1H3. The number of benzene rings is 1. The van der Waals surface area contributed by atoms with Crippen molar-refractivity contribution < 1.29 is 4.74 Å². The Kier molecular flexibility index (Phi) is 3.04. The molecule has 0 saturated carbocycles. The SMILES string of the molecule is CCCCOc1cc2ccccc2s1. The molecule has 0 fully saturated rings. The summed E-state index contributed by atoms with van der Waals surface area (Å²) in [5, 5.41) is 2.32. The lowest BCUT2D eigenvalue weighted by molar-refractivity contribution is 0.318. The van der Waals surface area contributed by atoms with Gasteiger partial charge in [0, 0.05) is 4.70 Å². The van der Waals surface area contributed by atoms with Crippen molar-refractivity contribution in [2.45, 2.75) is 19.8 Å². The average molecular weight is 206 g/mol. The van der Waals surface area contributed by atoms with E-state index < -0.39 is 0 Å². The van der Waals surface area contributed by atoms with Crippen LogP contribution in [-0.2, 0) is 0 Å². The van der Waals surface area contributed by atoms with Crippen LogP contribution in [0.15, 0.2) is 30.3 Å². The Morgan fingerprint density at radius 2 is 2.14 bits per heavy atom. The summed E-state index contributed by atoms with van der Waals surface area (Å²) < 4.78 is 6.95. The molecule has 1 heterocycles. The highest BCUT2D eigenvalue weighted by atomic mass is 32.1. The van der Waals surface area contributed by atoms with Gasteiger partial charge in [-0.05, 0) is 23.9 Å². The van der Waals surface area contributed by atoms with Gasteiger partial charge in [-0.25, -0.2) is 0 Å². The summed E-state index contributed by atoms with van der Waals surface area (Å²) in [6.07, 6.45) is 2.32. The highest BCUT2D eigenvalue weighted by Gasteiger charge is 2.00. The smallest absolute Gasteiger partial charge is 0.174 e. The molecule has 0 unspecified atom stereocenters. The Morgan fingerprint density at radius 1 is 1.29 bits per heavy atom. The van der Waals surface area contributed by atoms with E-state index in [1.807, 2.05) is 0 Å². The Hall–Kier alpha value is -1.02. The summed E-state index contributed by atoms with van der Waals surface area (Å²) in [6, 6.07) is 10.5. The molecule has 0 spiro atoms. The van der Waals surface area contributed by atoms with Crippen molar-refractivity contribution in [1.82, 2.24) is 0 Å². The number of fused-ring (bicyclic) bond motifs is 1. The molecule has 0 bridgehead atoms. The third kappa shape index (κ3) is 2.07. The largest absolute Gasteiger partial charge is 0.484 e. The van der Waals surface area contributed by atoms with E-state index in [-0.39, 0.29) is 0 Å². The lowest BCUT2D eigenvalue weighted by atomic mass is 10.3. The van der Waals surface area contributed by atoms with E-state index >= 15 is 0 Å². The topological polar surface area (TPSA) is 9.23 Å². The molecule has 0 radical (unpaired) electrons. The minimum absolute atomic E-state index is 0.837. The summed E-state index contributed by atoms with van der Waals surface area (Å²) in [4.78, 5) is 0. The molecule has 0 N–H and O–H groups in total. The fraction of sp³-hybridized carbons (Fsp3) is 0.333. The lowest BCUT2D eigenvalue weighted by Crippen LogP contribution is -1.93. The summed E-state index contributed by atoms with van der Waals surface area (Å²) in [5.74, 6) is 0. The van der Waals surface area contributed by atoms with Crippen molar-refractivity contribution >= 4 is 21.4 Å². The molecular weight excluding hydrogens is 192 g/mol. The number of ether oxygens (including phenoxy) is 1. The third-order valence-electron chi connectivity index (χ3n) is 2.15. The predicted molar refractivity (Wildman–Crippen MR) is 62.2 cm³/mol. The highest BCUT2D eigenvalue weighted by molar-refractivity contribution is 7.20. The van der Waals surface area contributed by atoms with Crippen molar-refractivity contribution in [3.63, 3.8) is 0 Å². The van der Waals surface area contributed by atoms with Crippen LogP contribution < -0.4 is 4.74 Å². The van der Waals surface area contributed by atoms with Gasteiger partial charge >= 0.3 is 0 Å². The zero-order chi connectivity index (χ0) is 9.80. The van der Waals surface area contributed by atoms with Crippen LogP contribution in [0.4, 0.5) is 0 Å². The lowest BCUT2D eigenvalue weighted by Gasteiger charge is -1.99. The predicted octanol–water partition coefficient (Wildman–Crippen LogP) is 4.08. The van der Waals surface area contributed by atoms with E-state index in [9.17, 15) is 0 Å². The minimum atomic E-state index is 0.837. The van der Waals surface area contributed by atoms with E-state index in [0.29, 0.717) is 0 Å². The Bertz CT molecular complexity index is 372. The van der Waals surface area contributed by atoms with Crippen LogP contribution in [0.3, 0.4) is 0 Å². The maximum atomic E-state index is 5.65. The van der Waals surface area contributed by atoms with Crippen LogP contribution in [0.25, 0.3) is 10.1 Å². The molecule has 2 aromatic rings. The fourth-order valence-corrected chi connectivity index (χ4v) is 2.28. The molecule has 0 saturated heterocycles. The van der Waals surface area contributed by atoms with Crippen LogP contribution in [0.2, 0.25) is 0 Å². The molecule has 0 aliphatic carbocycles. The molecule has 1 aromatic heterocycles. The molecule has 2 rings (SSSR count). The molecule has 14 heavy (non-hydrogen) atoms. The van der Waals surface area contributed by atoms with Gasteiger partial charge in [-0.2, -0.15) is 0 Å². The first kappa shape index (κ1) is 9.53. The van der Waals surface area contributed by atoms with Gasteiger partial charge in [0.15, 0.2) is 5.06 Å². The van der Waals surface area contributed by atoms with Gasteiger partial charge in [-0.15, -0.1) is 0 Å². The third-order valence-corrected chi connectivity index (χ3v) is 3.17. The van der Waals surface area contributed by atoms with Crippen molar-refractivity contribution in [3.05, 3.63) is 30.3 Å². The maximum Gasteiger partial charge on any atom is 0.174 e. The summed E-state index contributed by atoms with van der Waals surface area (Å²) in [7, 11) is 0. The van der Waals surface area contributed by atoms with Crippen molar-refractivity contribution in [2.24, 2.45) is 0 Å². The molecule has 0 atom stereocenters. The Balaban J connectivity index is 2.11. The van der Waals surface area contributed by atoms with Gasteiger partial charge in [0.25, 0.3) is 0 Å². The normalized spacial score (nSPS) is 10.6. The van der Waals surface area contributed by atoms with Crippen LogP contribution >= 0.6 is 11.3 Å². The minimum Gasteiger partial charge on any atom is -0.484 e. The summed E-state index contributed by atoms with van der Waals surface area (Å²) >= 11 is 1.73. The van der Waals surface area contributed by atoms with Gasteiger partial charge in [0.1, 0.15) is 0 Å². The Morgan fingerprint density at radius 3 is 2.93 bits per heavy atom. The molecule has 0 aliphatic heterocycles. The van der Waals surface area contributed by atoms with E-state index in [1.165, 1.54) is 16.5 Å². The van der Waals surface area contributed by atoms with E-state index in [4.69, 9.17) is 4.74 Å². The zero-order valence-electron chi connectivity index (χ0n) is 8.32. The van der Waals surface area contributed by atoms with Crippen LogP contribution in [0, 0.1) is 0 Å². The van der Waals surface area contributed by atoms with E-state index in [0.717, 1.165) is 18.1 Å². The summed E-state index contributed by atoms with van der Waals surface area (Å²) in [6.45, 7) is 3.01. The second kappa shape index (κ2) is 4.47.